The second kappa shape index (κ2) is 2.69. The summed E-state index contributed by atoms with van der Waals surface area (Å²) in [5.74, 6) is -0.255. The molecule has 1 aliphatic heterocycles. The van der Waals surface area contributed by atoms with Gasteiger partial charge in [0.25, 0.3) is 0 Å². The molecule has 15 heavy (non-hydrogen) atoms. The molecule has 1 aromatic rings. The molecular weight excluding hydrogens is 190 g/mol. The predicted octanol–water partition coefficient (Wildman–Crippen LogP) is 0.917. The number of hydrogen-bond acceptors (Lipinski definition) is 2. The maximum Gasteiger partial charge on any atom is 0.237 e. The Morgan fingerprint density at radius 2 is 2.00 bits per heavy atom. The van der Waals surface area contributed by atoms with Crippen LogP contribution >= 0.6 is 0 Å². The summed E-state index contributed by atoms with van der Waals surface area (Å²) < 4.78 is 0. The Morgan fingerprint density at radius 1 is 1.20 bits per heavy atom. The molecular formula is C12H11NO2. The highest BCUT2D eigenvalue weighted by molar-refractivity contribution is 6.09. The fourth-order valence-electron chi connectivity index (χ4n) is 2.75. The highest BCUT2D eigenvalue weighted by Gasteiger charge is 2.51. The highest BCUT2D eigenvalue weighted by atomic mass is 16.2. The van der Waals surface area contributed by atoms with Crippen LogP contribution in [0.25, 0.3) is 0 Å². The van der Waals surface area contributed by atoms with Gasteiger partial charge in [-0.1, -0.05) is 24.3 Å². The van der Waals surface area contributed by atoms with E-state index in [1.807, 2.05) is 24.3 Å². The van der Waals surface area contributed by atoms with E-state index in [0.29, 0.717) is 6.42 Å². The van der Waals surface area contributed by atoms with Gasteiger partial charge in [-0.05, 0) is 24.0 Å². The molecule has 2 aliphatic rings. The molecule has 1 aliphatic carbocycles. The molecule has 0 bridgehead atoms. The molecule has 0 saturated carbocycles. The van der Waals surface area contributed by atoms with E-state index in [-0.39, 0.29) is 11.8 Å². The fraction of sp³-hybridized carbons (Fsp3) is 0.333. The Hall–Kier alpha value is -1.64. The van der Waals surface area contributed by atoms with Crippen molar-refractivity contribution in [1.29, 1.82) is 0 Å². The largest absolute Gasteiger partial charge is 0.296 e. The minimum absolute atomic E-state index is 0.113. The highest BCUT2D eigenvalue weighted by Crippen LogP contribution is 2.43. The van der Waals surface area contributed by atoms with Crippen molar-refractivity contribution in [2.45, 2.75) is 24.7 Å². The number of rotatable bonds is 0. The number of nitrogens with one attached hydrogen (secondary N) is 1. The number of benzene rings is 1. The van der Waals surface area contributed by atoms with E-state index in [1.54, 1.807) is 0 Å². The monoisotopic (exact) mass is 201 g/mol. The van der Waals surface area contributed by atoms with Gasteiger partial charge in [-0.3, -0.25) is 14.9 Å². The summed E-state index contributed by atoms with van der Waals surface area (Å²) in [5.41, 5.74) is 1.71. The molecule has 1 saturated heterocycles. The van der Waals surface area contributed by atoms with Crippen LogP contribution in [0.15, 0.2) is 24.3 Å². The van der Waals surface area contributed by atoms with Gasteiger partial charge in [-0.15, -0.1) is 0 Å². The molecule has 1 heterocycles. The molecule has 3 heteroatoms. The van der Waals surface area contributed by atoms with Gasteiger partial charge in [0, 0.05) is 6.42 Å². The van der Waals surface area contributed by atoms with E-state index in [0.717, 1.165) is 18.4 Å². The lowest BCUT2D eigenvalue weighted by atomic mass is 9.80. The standard InChI is InChI=1S/C12H11NO2/c14-10-7-12(11(15)13-10)6-5-8-3-1-2-4-9(8)12/h1-4H,5-7H2,(H,13,14,15)/t12-/m1/s1. The molecule has 3 rings (SSSR count). The van der Waals surface area contributed by atoms with Gasteiger partial charge in [0.1, 0.15) is 0 Å². The van der Waals surface area contributed by atoms with Crippen molar-refractivity contribution < 1.29 is 9.59 Å². The maximum atomic E-state index is 11.8. The Morgan fingerprint density at radius 3 is 2.73 bits per heavy atom. The Labute approximate surface area is 87.5 Å². The first-order valence-electron chi connectivity index (χ1n) is 5.15. The van der Waals surface area contributed by atoms with Crippen LogP contribution in [0, 0.1) is 0 Å². The number of fused-ring (bicyclic) bond motifs is 2. The Kier molecular flexibility index (Phi) is 1.55. The molecule has 0 radical (unpaired) electrons. The molecule has 0 aromatic heterocycles. The molecule has 1 N–H and O–H groups in total. The van der Waals surface area contributed by atoms with Crippen LogP contribution in [0.4, 0.5) is 0 Å². The van der Waals surface area contributed by atoms with Crippen LogP contribution in [-0.4, -0.2) is 11.8 Å². The minimum Gasteiger partial charge on any atom is -0.296 e. The van der Waals surface area contributed by atoms with Crippen LogP contribution < -0.4 is 5.32 Å². The number of amides is 2. The second-order valence-electron chi connectivity index (χ2n) is 4.29. The molecule has 1 aromatic carbocycles. The zero-order valence-corrected chi connectivity index (χ0v) is 8.25. The van der Waals surface area contributed by atoms with Gasteiger partial charge in [-0.25, -0.2) is 0 Å². The number of imide groups is 1. The van der Waals surface area contributed by atoms with Crippen LogP contribution in [-0.2, 0) is 21.4 Å². The number of carbonyl (C=O) groups is 2. The quantitative estimate of drug-likeness (QED) is 0.634. The van der Waals surface area contributed by atoms with E-state index >= 15 is 0 Å². The zero-order chi connectivity index (χ0) is 10.5. The van der Waals surface area contributed by atoms with E-state index in [1.165, 1.54) is 5.56 Å². The molecule has 3 nitrogen and oxygen atoms in total. The van der Waals surface area contributed by atoms with Gasteiger partial charge in [0.15, 0.2) is 0 Å². The topological polar surface area (TPSA) is 46.2 Å². The average molecular weight is 201 g/mol. The summed E-state index contributed by atoms with van der Waals surface area (Å²) >= 11 is 0. The van der Waals surface area contributed by atoms with Crippen molar-refractivity contribution in [3.05, 3.63) is 35.4 Å². The molecule has 1 atom stereocenters. The lowest BCUT2D eigenvalue weighted by molar-refractivity contribution is -0.126. The third-order valence-electron chi connectivity index (χ3n) is 3.50. The van der Waals surface area contributed by atoms with Gasteiger partial charge in [0.2, 0.25) is 11.8 Å². The van der Waals surface area contributed by atoms with E-state index in [2.05, 4.69) is 5.32 Å². The van der Waals surface area contributed by atoms with Crippen molar-refractivity contribution in [2.75, 3.05) is 0 Å². The fourth-order valence-corrected chi connectivity index (χ4v) is 2.75. The average Bonchev–Trinajstić information content (AvgIpc) is 2.72. The minimum atomic E-state index is -0.548. The van der Waals surface area contributed by atoms with Gasteiger partial charge in [-0.2, -0.15) is 0 Å². The first-order valence-corrected chi connectivity index (χ1v) is 5.15. The van der Waals surface area contributed by atoms with Gasteiger partial charge >= 0.3 is 0 Å². The van der Waals surface area contributed by atoms with E-state index in [4.69, 9.17) is 0 Å². The molecule has 76 valence electrons. The van der Waals surface area contributed by atoms with E-state index in [9.17, 15) is 9.59 Å². The summed E-state index contributed by atoms with van der Waals surface area (Å²) in [6.45, 7) is 0. The van der Waals surface area contributed by atoms with Crippen molar-refractivity contribution in [2.24, 2.45) is 0 Å². The Balaban J connectivity index is 2.17. The number of aryl methyl sites for hydroxylation is 1. The smallest absolute Gasteiger partial charge is 0.237 e. The van der Waals surface area contributed by atoms with Crippen molar-refractivity contribution >= 4 is 11.8 Å². The van der Waals surface area contributed by atoms with Gasteiger partial charge in [0.05, 0.1) is 5.41 Å². The van der Waals surface area contributed by atoms with Crippen molar-refractivity contribution in [3.8, 4) is 0 Å². The number of carbonyl (C=O) groups excluding carboxylic acids is 2. The summed E-state index contributed by atoms with van der Waals surface area (Å²) in [5, 5.41) is 2.41. The third kappa shape index (κ3) is 1.00. The summed E-state index contributed by atoms with van der Waals surface area (Å²) in [6, 6.07) is 7.93. The van der Waals surface area contributed by atoms with Crippen molar-refractivity contribution in [1.82, 2.24) is 5.32 Å². The molecule has 0 unspecified atom stereocenters. The predicted molar refractivity (Wildman–Crippen MR) is 54.2 cm³/mol. The van der Waals surface area contributed by atoms with Crippen LogP contribution in [0.1, 0.15) is 24.0 Å². The molecule has 1 spiro atoms. The third-order valence-corrected chi connectivity index (χ3v) is 3.50. The first-order chi connectivity index (χ1) is 7.22. The summed E-state index contributed by atoms with van der Waals surface area (Å²) in [6.07, 6.45) is 1.99. The Bertz CT molecular complexity index is 466. The number of hydrogen-bond donors (Lipinski definition) is 1. The second-order valence-corrected chi connectivity index (χ2v) is 4.29. The molecule has 2 amide bonds. The SMILES string of the molecule is O=C1C[C@@]2(CCc3ccccc32)C(=O)N1. The normalized spacial score (nSPS) is 28.3. The lowest BCUT2D eigenvalue weighted by Crippen LogP contribution is -2.33. The van der Waals surface area contributed by atoms with E-state index < -0.39 is 5.41 Å². The van der Waals surface area contributed by atoms with Crippen LogP contribution in [0.5, 0.6) is 0 Å². The summed E-state index contributed by atoms with van der Waals surface area (Å²) in [7, 11) is 0. The van der Waals surface area contributed by atoms with Crippen LogP contribution in [0.2, 0.25) is 0 Å². The van der Waals surface area contributed by atoms with Crippen molar-refractivity contribution in [3.63, 3.8) is 0 Å². The van der Waals surface area contributed by atoms with Gasteiger partial charge < -0.3 is 0 Å². The molecule has 1 fully saturated rings. The summed E-state index contributed by atoms with van der Waals surface area (Å²) in [4.78, 5) is 23.1. The lowest BCUT2D eigenvalue weighted by Gasteiger charge is -2.19. The first kappa shape index (κ1) is 8.65. The maximum absolute atomic E-state index is 11.8. The van der Waals surface area contributed by atoms with Crippen LogP contribution in [0.3, 0.4) is 0 Å². The zero-order valence-electron chi connectivity index (χ0n) is 8.25.